The number of phenolic OH excluding ortho intramolecular Hbond substituents is 1. The molecule has 0 radical (unpaired) electrons. The molecule has 0 atom stereocenters. The van der Waals surface area contributed by atoms with Gasteiger partial charge in [0.2, 0.25) is 0 Å². The Balaban J connectivity index is 1.77. The van der Waals surface area contributed by atoms with Crippen LogP contribution in [-0.4, -0.2) is 15.9 Å². The number of hydrogen-bond donors (Lipinski definition) is 3. The molecule has 0 bridgehead atoms. The monoisotopic (exact) mass is 438 g/mol. The van der Waals surface area contributed by atoms with Crippen LogP contribution in [0.25, 0.3) is 0 Å². The van der Waals surface area contributed by atoms with Crippen molar-refractivity contribution in [2.75, 3.05) is 10.6 Å². The van der Waals surface area contributed by atoms with E-state index in [1.807, 2.05) is 0 Å². The van der Waals surface area contributed by atoms with Crippen LogP contribution in [0.4, 0.5) is 27.3 Å². The van der Waals surface area contributed by atoms with E-state index < -0.39 is 5.82 Å². The maximum absolute atomic E-state index is 14.3. The van der Waals surface area contributed by atoms with E-state index in [2.05, 4.69) is 37.6 Å². The van der Waals surface area contributed by atoms with Gasteiger partial charge in [0.25, 0.3) is 0 Å². The van der Waals surface area contributed by atoms with Crippen LogP contribution in [0.15, 0.2) is 47.1 Å². The first-order valence-electron chi connectivity index (χ1n) is 8.23. The van der Waals surface area contributed by atoms with Crippen molar-refractivity contribution in [3.8, 4) is 11.8 Å². The molecule has 0 saturated heterocycles. The molecule has 0 amide bonds. The molecule has 3 N–H and O–H groups in total. The molecule has 0 spiro atoms. The third-order valence-electron chi connectivity index (χ3n) is 4.37. The number of anilines is 4. The summed E-state index contributed by atoms with van der Waals surface area (Å²) < 4.78 is 14.5. The summed E-state index contributed by atoms with van der Waals surface area (Å²) in [5, 5.41) is 24.9. The molecule has 0 saturated carbocycles. The van der Waals surface area contributed by atoms with E-state index in [4.69, 9.17) is 5.26 Å². The van der Waals surface area contributed by atoms with E-state index in [1.165, 1.54) is 12.3 Å². The smallest absolute Gasteiger partial charge is 0.173 e. The predicted octanol–water partition coefficient (Wildman–Crippen LogP) is 4.79. The van der Waals surface area contributed by atoms with Gasteiger partial charge < -0.3 is 15.7 Å². The van der Waals surface area contributed by atoms with Gasteiger partial charge in [0.05, 0.1) is 33.0 Å². The lowest BCUT2D eigenvalue weighted by Gasteiger charge is -2.14. The number of carbonyl (C=O) groups excluding carboxylic acids is 1. The van der Waals surface area contributed by atoms with Gasteiger partial charge in [-0.1, -0.05) is 0 Å². The van der Waals surface area contributed by atoms with Gasteiger partial charge in [-0.2, -0.15) is 5.26 Å². The summed E-state index contributed by atoms with van der Waals surface area (Å²) in [6.45, 7) is 0. The second-order valence-corrected chi connectivity index (χ2v) is 7.05. The van der Waals surface area contributed by atoms with Crippen molar-refractivity contribution in [1.29, 1.82) is 5.26 Å². The fourth-order valence-electron chi connectivity index (χ4n) is 3.04. The number of ketones is 1. The molecule has 138 valence electrons. The lowest BCUT2D eigenvalue weighted by molar-refractivity contribution is 0.0995. The van der Waals surface area contributed by atoms with Crippen molar-refractivity contribution < 1.29 is 14.3 Å². The zero-order chi connectivity index (χ0) is 19.8. The van der Waals surface area contributed by atoms with Gasteiger partial charge >= 0.3 is 0 Å². The number of halogens is 2. The first-order chi connectivity index (χ1) is 13.5. The Morgan fingerprint density at radius 3 is 2.86 bits per heavy atom. The minimum absolute atomic E-state index is 0.0235. The second-order valence-electron chi connectivity index (χ2n) is 6.20. The van der Waals surface area contributed by atoms with Crippen molar-refractivity contribution in [1.82, 2.24) is 4.98 Å². The average molecular weight is 439 g/mol. The summed E-state index contributed by atoms with van der Waals surface area (Å²) in [5.74, 6) is -0.620. The number of phenols is 1. The van der Waals surface area contributed by atoms with Crippen LogP contribution in [0.1, 0.15) is 21.5 Å². The maximum atomic E-state index is 14.3. The number of hydrogen-bond acceptors (Lipinski definition) is 6. The molecule has 0 unspecified atom stereocenters. The Kier molecular flexibility index (Phi) is 4.45. The maximum Gasteiger partial charge on any atom is 0.173 e. The lowest BCUT2D eigenvalue weighted by atomic mass is 10.0. The minimum Gasteiger partial charge on any atom is -0.507 e. The van der Waals surface area contributed by atoms with E-state index in [0.717, 1.165) is 6.07 Å². The Hall–Kier alpha value is -3.44. The number of pyridine rings is 1. The van der Waals surface area contributed by atoms with Crippen molar-refractivity contribution in [2.45, 2.75) is 6.42 Å². The summed E-state index contributed by atoms with van der Waals surface area (Å²) in [7, 11) is 0. The molecule has 8 heteroatoms. The molecule has 0 aliphatic carbocycles. The van der Waals surface area contributed by atoms with Gasteiger partial charge in [-0.25, -0.2) is 9.37 Å². The van der Waals surface area contributed by atoms with E-state index in [0.29, 0.717) is 28.3 Å². The van der Waals surface area contributed by atoms with E-state index in [-0.39, 0.29) is 33.7 Å². The van der Waals surface area contributed by atoms with E-state index >= 15 is 0 Å². The first kappa shape index (κ1) is 17.9. The van der Waals surface area contributed by atoms with Gasteiger partial charge in [-0.05, 0) is 51.8 Å². The van der Waals surface area contributed by atoms with Crippen molar-refractivity contribution in [3.63, 3.8) is 0 Å². The van der Waals surface area contributed by atoms with Crippen LogP contribution < -0.4 is 10.6 Å². The third-order valence-corrected chi connectivity index (χ3v) is 5.01. The van der Waals surface area contributed by atoms with Gasteiger partial charge in [-0.3, -0.25) is 4.79 Å². The van der Waals surface area contributed by atoms with Crippen molar-refractivity contribution in [2.24, 2.45) is 0 Å². The highest BCUT2D eigenvalue weighted by Crippen LogP contribution is 2.36. The molecule has 1 aliphatic heterocycles. The van der Waals surface area contributed by atoms with Crippen LogP contribution in [-0.2, 0) is 6.42 Å². The quantitative estimate of drug-likeness (QED) is 0.532. The number of nitrogens with zero attached hydrogens (tertiary/aromatic N) is 2. The van der Waals surface area contributed by atoms with Gasteiger partial charge in [0.15, 0.2) is 5.78 Å². The molecular weight excluding hydrogens is 427 g/mol. The van der Waals surface area contributed by atoms with Crippen LogP contribution >= 0.6 is 15.9 Å². The summed E-state index contributed by atoms with van der Waals surface area (Å²) >= 11 is 3.06. The number of benzene rings is 2. The lowest BCUT2D eigenvalue weighted by Crippen LogP contribution is -2.08. The Labute approximate surface area is 167 Å². The number of aromatic nitrogens is 1. The molecule has 1 aromatic heterocycles. The fraction of sp³-hybridized carbons (Fsp3) is 0.0500. The summed E-state index contributed by atoms with van der Waals surface area (Å²) in [5.41, 5.74) is 2.48. The molecular formula is C20H12BrFN4O2. The highest BCUT2D eigenvalue weighted by Gasteiger charge is 2.24. The Morgan fingerprint density at radius 1 is 1.25 bits per heavy atom. The predicted molar refractivity (Wildman–Crippen MR) is 106 cm³/mol. The van der Waals surface area contributed by atoms with Gasteiger partial charge in [-0.15, -0.1) is 0 Å². The minimum atomic E-state index is -0.591. The number of aromatic hydroxyl groups is 1. The number of carbonyl (C=O) groups is 1. The van der Waals surface area contributed by atoms with Crippen LogP contribution in [0.2, 0.25) is 0 Å². The second kappa shape index (κ2) is 6.94. The Bertz CT molecular complexity index is 1170. The van der Waals surface area contributed by atoms with Gasteiger partial charge in [0, 0.05) is 24.4 Å². The number of nitrogens with one attached hydrogen (secondary N) is 2. The zero-order valence-corrected chi connectivity index (χ0v) is 15.8. The molecule has 1 aliphatic rings. The molecule has 6 nitrogen and oxygen atoms in total. The topological polar surface area (TPSA) is 98.0 Å². The summed E-state index contributed by atoms with van der Waals surface area (Å²) in [6, 6.07) is 11.0. The van der Waals surface area contributed by atoms with Crippen LogP contribution in [0.5, 0.6) is 5.75 Å². The van der Waals surface area contributed by atoms with Crippen LogP contribution in [0.3, 0.4) is 0 Å². The van der Waals surface area contributed by atoms with Crippen molar-refractivity contribution >= 4 is 44.6 Å². The Morgan fingerprint density at radius 2 is 2.07 bits per heavy atom. The molecule has 0 fully saturated rings. The number of Topliss-reactive ketones (excluding diaryl/α,β-unsaturated/α-hetero) is 1. The number of nitriles is 1. The third kappa shape index (κ3) is 3.17. The van der Waals surface area contributed by atoms with E-state index in [9.17, 15) is 14.3 Å². The van der Waals surface area contributed by atoms with Gasteiger partial charge in [0.1, 0.15) is 17.4 Å². The molecule has 4 rings (SSSR count). The summed E-state index contributed by atoms with van der Waals surface area (Å²) in [6.07, 6.45) is 1.56. The standard InChI is InChI=1S/C20H12BrFN4O2/c21-12-7-13(22)16(8-17(12)27)25-15-3-4-24-20-19(15)18(28)6-11-5-10(9-23)1-2-14(11)26-20/h1-5,7-8,27H,6H2,(H2,24,25,26). The first-order valence-corrected chi connectivity index (χ1v) is 9.03. The highest BCUT2D eigenvalue weighted by molar-refractivity contribution is 9.10. The van der Waals surface area contributed by atoms with Crippen molar-refractivity contribution in [3.05, 3.63) is 69.6 Å². The molecule has 3 aromatic rings. The SMILES string of the molecule is N#Cc1ccc2c(c1)CC(=O)c1c(Nc3cc(O)c(Br)cc3F)ccnc1N2. The summed E-state index contributed by atoms with van der Waals surface area (Å²) in [4.78, 5) is 17.2. The van der Waals surface area contributed by atoms with E-state index in [1.54, 1.807) is 24.3 Å². The highest BCUT2D eigenvalue weighted by atomic mass is 79.9. The number of rotatable bonds is 2. The molecule has 2 heterocycles. The largest absolute Gasteiger partial charge is 0.507 e. The fourth-order valence-corrected chi connectivity index (χ4v) is 3.36. The van der Waals surface area contributed by atoms with Crippen LogP contribution in [0, 0.1) is 17.1 Å². The molecule has 2 aromatic carbocycles. The average Bonchev–Trinajstić information content (AvgIpc) is 2.81. The number of fused-ring (bicyclic) bond motifs is 2. The molecule has 28 heavy (non-hydrogen) atoms. The zero-order valence-electron chi connectivity index (χ0n) is 14.3. The normalized spacial score (nSPS) is 12.2.